The van der Waals surface area contributed by atoms with Crippen LogP contribution < -0.4 is 11.1 Å². The highest BCUT2D eigenvalue weighted by Gasteiger charge is 2.24. The van der Waals surface area contributed by atoms with E-state index in [-0.39, 0.29) is 29.4 Å². The van der Waals surface area contributed by atoms with Crippen LogP contribution in [0.15, 0.2) is 5.16 Å². The smallest absolute Gasteiger partial charge is 0.156 e. The van der Waals surface area contributed by atoms with E-state index < -0.39 is 9.84 Å². The molecule has 0 aromatic heterocycles. The van der Waals surface area contributed by atoms with Gasteiger partial charge in [-0.15, -0.1) is 0 Å². The third kappa shape index (κ3) is 3.67. The normalized spacial score (nSPS) is 25.0. The molecule has 15 heavy (non-hydrogen) atoms. The highest BCUT2D eigenvalue weighted by atomic mass is 32.2. The summed E-state index contributed by atoms with van der Waals surface area (Å²) in [4.78, 5) is 0. The number of rotatable bonds is 3. The lowest BCUT2D eigenvalue weighted by molar-refractivity contribution is 0.313. The predicted octanol–water partition coefficient (Wildman–Crippen LogP) is -0.712. The van der Waals surface area contributed by atoms with Gasteiger partial charge >= 0.3 is 0 Å². The van der Waals surface area contributed by atoms with E-state index in [4.69, 9.17) is 10.9 Å². The number of hydrogen-bond donors (Lipinski definition) is 3. The monoisotopic (exact) mass is 235 g/mol. The molecule has 0 aliphatic carbocycles. The van der Waals surface area contributed by atoms with Crippen molar-refractivity contribution in [2.24, 2.45) is 10.9 Å². The van der Waals surface area contributed by atoms with Gasteiger partial charge in [-0.2, -0.15) is 0 Å². The first-order valence-electron chi connectivity index (χ1n) is 4.88. The summed E-state index contributed by atoms with van der Waals surface area (Å²) in [5, 5.41) is 14.5. The molecule has 88 valence electrons. The number of hydrogen-bond acceptors (Lipinski definition) is 5. The predicted molar refractivity (Wildman–Crippen MR) is 57.7 cm³/mol. The fraction of sp³-hybridized carbons (Fsp3) is 0.875. The summed E-state index contributed by atoms with van der Waals surface area (Å²) in [5.41, 5.74) is 5.41. The Morgan fingerprint density at radius 2 is 2.07 bits per heavy atom. The zero-order valence-electron chi connectivity index (χ0n) is 8.68. The average molecular weight is 235 g/mol. The van der Waals surface area contributed by atoms with Crippen LogP contribution in [0, 0.1) is 0 Å². The van der Waals surface area contributed by atoms with Crippen LogP contribution in [0.5, 0.6) is 0 Å². The first-order chi connectivity index (χ1) is 6.94. The van der Waals surface area contributed by atoms with E-state index in [0.29, 0.717) is 12.8 Å². The van der Waals surface area contributed by atoms with Crippen LogP contribution in [0.2, 0.25) is 0 Å². The Labute approximate surface area is 89.4 Å². The molecule has 0 aromatic rings. The lowest BCUT2D eigenvalue weighted by Crippen LogP contribution is -2.47. The standard InChI is InChI=1S/C8H17N3O3S/c1-6(8(9)11-12)10-7-2-4-15(13,14)5-3-7/h6-7,10,12H,2-5H2,1H3,(H2,9,11). The Hall–Kier alpha value is -0.820. The van der Waals surface area contributed by atoms with Crippen molar-refractivity contribution in [1.82, 2.24) is 5.32 Å². The molecular weight excluding hydrogens is 218 g/mol. The quantitative estimate of drug-likeness (QED) is 0.259. The Balaban J connectivity index is 2.42. The van der Waals surface area contributed by atoms with Crippen LogP contribution >= 0.6 is 0 Å². The molecule has 1 aliphatic heterocycles. The number of sulfone groups is 1. The van der Waals surface area contributed by atoms with Crippen LogP contribution in [0.4, 0.5) is 0 Å². The maximum atomic E-state index is 11.2. The largest absolute Gasteiger partial charge is 0.409 e. The van der Waals surface area contributed by atoms with E-state index in [1.165, 1.54) is 0 Å². The molecule has 1 fully saturated rings. The average Bonchev–Trinajstić information content (AvgIpc) is 2.20. The highest BCUT2D eigenvalue weighted by molar-refractivity contribution is 7.91. The molecule has 1 aliphatic rings. The first-order valence-corrected chi connectivity index (χ1v) is 6.70. The second-order valence-electron chi connectivity index (χ2n) is 3.84. The highest BCUT2D eigenvalue weighted by Crippen LogP contribution is 2.12. The van der Waals surface area contributed by atoms with Crippen LogP contribution in [-0.2, 0) is 9.84 Å². The molecule has 0 saturated carbocycles. The number of nitrogens with one attached hydrogen (secondary N) is 1. The molecule has 4 N–H and O–H groups in total. The van der Waals surface area contributed by atoms with Crippen LogP contribution in [0.1, 0.15) is 19.8 Å². The summed E-state index contributed by atoms with van der Waals surface area (Å²) < 4.78 is 22.3. The van der Waals surface area contributed by atoms with Crippen LogP contribution in [0.25, 0.3) is 0 Å². The van der Waals surface area contributed by atoms with E-state index in [1.807, 2.05) is 0 Å². The van der Waals surface area contributed by atoms with Gasteiger partial charge in [0.15, 0.2) is 5.84 Å². The molecule has 1 rings (SSSR count). The SMILES string of the molecule is CC(NC1CCS(=O)(=O)CC1)C(N)=NO. The molecular formula is C8H17N3O3S. The van der Waals surface area contributed by atoms with Gasteiger partial charge in [0, 0.05) is 6.04 Å². The third-order valence-corrected chi connectivity index (χ3v) is 4.31. The minimum atomic E-state index is -2.83. The Kier molecular flexibility index (Phi) is 3.92. The summed E-state index contributed by atoms with van der Waals surface area (Å²) in [7, 11) is -2.83. The summed E-state index contributed by atoms with van der Waals surface area (Å²) in [6, 6.07) is -0.107. The minimum absolute atomic E-state index is 0.114. The van der Waals surface area contributed by atoms with E-state index in [9.17, 15) is 8.42 Å². The lowest BCUT2D eigenvalue weighted by atomic mass is 10.1. The topological polar surface area (TPSA) is 105 Å². The zero-order chi connectivity index (χ0) is 11.5. The molecule has 1 saturated heterocycles. The number of amidine groups is 1. The molecule has 0 bridgehead atoms. The Bertz CT molecular complexity index is 325. The Morgan fingerprint density at radius 1 is 1.53 bits per heavy atom. The van der Waals surface area contributed by atoms with Gasteiger partial charge in [-0.3, -0.25) is 0 Å². The second-order valence-corrected chi connectivity index (χ2v) is 6.14. The van der Waals surface area contributed by atoms with E-state index in [2.05, 4.69) is 10.5 Å². The minimum Gasteiger partial charge on any atom is -0.409 e. The van der Waals surface area contributed by atoms with Gasteiger partial charge in [0.2, 0.25) is 0 Å². The van der Waals surface area contributed by atoms with Gasteiger partial charge < -0.3 is 16.3 Å². The van der Waals surface area contributed by atoms with Gasteiger partial charge in [0.25, 0.3) is 0 Å². The van der Waals surface area contributed by atoms with Gasteiger partial charge in [-0.25, -0.2) is 8.42 Å². The van der Waals surface area contributed by atoms with Crippen molar-refractivity contribution in [3.63, 3.8) is 0 Å². The summed E-state index contributed by atoms with van der Waals surface area (Å²) in [5.74, 6) is 0.546. The van der Waals surface area contributed by atoms with E-state index >= 15 is 0 Å². The number of oxime groups is 1. The Morgan fingerprint density at radius 3 is 2.53 bits per heavy atom. The molecule has 0 aromatic carbocycles. The number of nitrogens with two attached hydrogens (primary N) is 1. The van der Waals surface area contributed by atoms with Crippen molar-refractivity contribution in [2.45, 2.75) is 31.8 Å². The lowest BCUT2D eigenvalue weighted by Gasteiger charge is -2.25. The van der Waals surface area contributed by atoms with Crippen molar-refractivity contribution >= 4 is 15.7 Å². The van der Waals surface area contributed by atoms with Gasteiger partial charge in [0.05, 0.1) is 17.5 Å². The molecule has 7 heteroatoms. The van der Waals surface area contributed by atoms with Crippen LogP contribution in [-0.4, -0.2) is 43.1 Å². The van der Waals surface area contributed by atoms with Crippen molar-refractivity contribution in [3.05, 3.63) is 0 Å². The van der Waals surface area contributed by atoms with Crippen LogP contribution in [0.3, 0.4) is 0 Å². The van der Waals surface area contributed by atoms with Crippen molar-refractivity contribution in [1.29, 1.82) is 0 Å². The molecule has 0 radical (unpaired) electrons. The van der Waals surface area contributed by atoms with Crippen molar-refractivity contribution < 1.29 is 13.6 Å². The van der Waals surface area contributed by atoms with Crippen molar-refractivity contribution in [2.75, 3.05) is 11.5 Å². The van der Waals surface area contributed by atoms with Gasteiger partial charge in [-0.05, 0) is 19.8 Å². The zero-order valence-corrected chi connectivity index (χ0v) is 9.50. The fourth-order valence-electron chi connectivity index (χ4n) is 1.58. The first kappa shape index (κ1) is 12.3. The summed E-state index contributed by atoms with van der Waals surface area (Å²) in [6.45, 7) is 1.78. The van der Waals surface area contributed by atoms with Gasteiger partial charge in [0.1, 0.15) is 9.84 Å². The van der Waals surface area contributed by atoms with Gasteiger partial charge in [-0.1, -0.05) is 5.16 Å². The third-order valence-electron chi connectivity index (χ3n) is 2.60. The summed E-state index contributed by atoms with van der Waals surface area (Å²) in [6.07, 6.45) is 1.18. The summed E-state index contributed by atoms with van der Waals surface area (Å²) >= 11 is 0. The fourth-order valence-corrected chi connectivity index (χ4v) is 3.07. The molecule has 1 heterocycles. The molecule has 6 nitrogen and oxygen atoms in total. The maximum absolute atomic E-state index is 11.2. The van der Waals surface area contributed by atoms with E-state index in [1.54, 1.807) is 6.92 Å². The van der Waals surface area contributed by atoms with Crippen molar-refractivity contribution in [3.8, 4) is 0 Å². The maximum Gasteiger partial charge on any atom is 0.156 e. The molecule has 1 unspecified atom stereocenters. The molecule has 1 atom stereocenters. The second kappa shape index (κ2) is 4.80. The molecule has 0 amide bonds. The number of nitrogens with zero attached hydrogens (tertiary/aromatic N) is 1. The molecule has 0 spiro atoms. The van der Waals surface area contributed by atoms with E-state index in [0.717, 1.165) is 0 Å².